The van der Waals surface area contributed by atoms with Gasteiger partial charge in [-0.05, 0) is 25.0 Å². The number of benzene rings is 1. The van der Waals surface area contributed by atoms with Crippen molar-refractivity contribution in [2.75, 3.05) is 5.32 Å². The van der Waals surface area contributed by atoms with E-state index in [1.54, 1.807) is 0 Å². The minimum atomic E-state index is 0.341. The monoisotopic (exact) mass is 273 g/mol. The maximum absolute atomic E-state index is 5.82. The fourth-order valence-corrected chi connectivity index (χ4v) is 2.02. The van der Waals surface area contributed by atoms with Crippen molar-refractivity contribution in [1.82, 2.24) is 4.98 Å². The van der Waals surface area contributed by atoms with E-state index in [0.717, 1.165) is 22.3 Å². The molecule has 0 saturated heterocycles. The van der Waals surface area contributed by atoms with Crippen molar-refractivity contribution in [2.45, 2.75) is 26.8 Å². The molecule has 0 aliphatic heterocycles. The van der Waals surface area contributed by atoms with Crippen LogP contribution in [0.15, 0.2) is 30.3 Å². The van der Waals surface area contributed by atoms with E-state index in [1.165, 1.54) is 0 Å². The van der Waals surface area contributed by atoms with Gasteiger partial charge in [0.2, 0.25) is 0 Å². The highest BCUT2D eigenvalue weighted by Crippen LogP contribution is 2.21. The Kier molecular flexibility index (Phi) is 4.00. The van der Waals surface area contributed by atoms with Crippen LogP contribution in [-0.4, -0.2) is 16.0 Å². The van der Waals surface area contributed by atoms with Crippen molar-refractivity contribution >= 4 is 33.9 Å². The van der Waals surface area contributed by atoms with Gasteiger partial charge in [-0.2, -0.15) is 0 Å². The van der Waals surface area contributed by atoms with E-state index in [9.17, 15) is 0 Å². The SMILES string of the molecule is CC(C)C(C)Nc1cc(C(N)=S)c2ccccc2n1. The van der Waals surface area contributed by atoms with Crippen LogP contribution < -0.4 is 11.1 Å². The molecule has 1 aromatic heterocycles. The highest BCUT2D eigenvalue weighted by Gasteiger charge is 2.11. The Balaban J connectivity index is 2.49. The van der Waals surface area contributed by atoms with Crippen molar-refractivity contribution in [2.24, 2.45) is 11.7 Å². The molecule has 0 saturated carbocycles. The predicted octanol–water partition coefficient (Wildman–Crippen LogP) is 3.33. The number of pyridine rings is 1. The molecular weight excluding hydrogens is 254 g/mol. The van der Waals surface area contributed by atoms with Gasteiger partial charge in [-0.15, -0.1) is 0 Å². The largest absolute Gasteiger partial charge is 0.389 e. The van der Waals surface area contributed by atoms with Crippen LogP contribution in [0.25, 0.3) is 10.9 Å². The molecule has 1 aromatic carbocycles. The van der Waals surface area contributed by atoms with E-state index in [1.807, 2.05) is 30.3 Å². The molecule has 19 heavy (non-hydrogen) atoms. The lowest BCUT2D eigenvalue weighted by Crippen LogP contribution is -2.22. The van der Waals surface area contributed by atoms with Crippen LogP contribution >= 0.6 is 12.2 Å². The van der Waals surface area contributed by atoms with Gasteiger partial charge >= 0.3 is 0 Å². The molecule has 1 unspecified atom stereocenters. The summed E-state index contributed by atoms with van der Waals surface area (Å²) in [4.78, 5) is 5.02. The van der Waals surface area contributed by atoms with Crippen molar-refractivity contribution < 1.29 is 0 Å². The van der Waals surface area contributed by atoms with Crippen molar-refractivity contribution in [3.63, 3.8) is 0 Å². The summed E-state index contributed by atoms with van der Waals surface area (Å²) >= 11 is 5.14. The summed E-state index contributed by atoms with van der Waals surface area (Å²) in [7, 11) is 0. The van der Waals surface area contributed by atoms with Gasteiger partial charge in [-0.25, -0.2) is 4.98 Å². The van der Waals surface area contributed by atoms with E-state index in [-0.39, 0.29) is 0 Å². The zero-order valence-corrected chi connectivity index (χ0v) is 12.3. The molecule has 4 heteroatoms. The first kappa shape index (κ1) is 13.7. The smallest absolute Gasteiger partial charge is 0.127 e. The first-order valence-electron chi connectivity index (χ1n) is 6.45. The standard InChI is InChI=1S/C15H19N3S/c1-9(2)10(3)17-14-8-12(15(16)19)11-6-4-5-7-13(11)18-14/h4-10H,1-3H3,(H2,16,19)(H,17,18). The topological polar surface area (TPSA) is 50.9 Å². The molecule has 0 radical (unpaired) electrons. The number of nitrogens with one attached hydrogen (secondary N) is 1. The van der Waals surface area contributed by atoms with Crippen molar-refractivity contribution in [3.8, 4) is 0 Å². The Morgan fingerprint density at radius 3 is 2.58 bits per heavy atom. The molecule has 0 fully saturated rings. The fraction of sp³-hybridized carbons (Fsp3) is 0.333. The second-order valence-electron chi connectivity index (χ2n) is 5.11. The lowest BCUT2D eigenvalue weighted by atomic mass is 10.1. The highest BCUT2D eigenvalue weighted by molar-refractivity contribution is 7.80. The van der Waals surface area contributed by atoms with E-state index >= 15 is 0 Å². The third-order valence-corrected chi connectivity index (χ3v) is 3.58. The second kappa shape index (κ2) is 5.53. The minimum Gasteiger partial charge on any atom is -0.389 e. The van der Waals surface area contributed by atoms with E-state index in [0.29, 0.717) is 16.9 Å². The summed E-state index contributed by atoms with van der Waals surface area (Å²) in [5, 5.41) is 4.40. The average Bonchev–Trinajstić information content (AvgIpc) is 2.37. The van der Waals surface area contributed by atoms with Gasteiger partial charge in [0.1, 0.15) is 10.8 Å². The number of nitrogens with two attached hydrogens (primary N) is 1. The molecule has 0 bridgehead atoms. The van der Waals surface area contributed by atoms with Crippen molar-refractivity contribution in [1.29, 1.82) is 0 Å². The molecular formula is C15H19N3S. The molecule has 3 nitrogen and oxygen atoms in total. The van der Waals surface area contributed by atoms with E-state index in [4.69, 9.17) is 18.0 Å². The van der Waals surface area contributed by atoms with Gasteiger partial charge in [0.25, 0.3) is 0 Å². The second-order valence-corrected chi connectivity index (χ2v) is 5.55. The molecule has 3 N–H and O–H groups in total. The number of fused-ring (bicyclic) bond motifs is 1. The number of anilines is 1. The van der Waals surface area contributed by atoms with Crippen LogP contribution in [0.5, 0.6) is 0 Å². The fourth-order valence-electron chi connectivity index (χ4n) is 1.85. The van der Waals surface area contributed by atoms with Crippen LogP contribution in [0.1, 0.15) is 26.3 Å². The zero-order chi connectivity index (χ0) is 14.0. The van der Waals surface area contributed by atoms with Gasteiger partial charge in [0.05, 0.1) is 5.52 Å². The maximum atomic E-state index is 5.82. The quantitative estimate of drug-likeness (QED) is 0.839. The molecule has 0 aliphatic rings. The van der Waals surface area contributed by atoms with Gasteiger partial charge in [0.15, 0.2) is 0 Å². The van der Waals surface area contributed by atoms with Gasteiger partial charge in [0, 0.05) is 17.0 Å². The Bertz CT molecular complexity index is 607. The Hall–Kier alpha value is -1.68. The molecule has 0 amide bonds. The number of para-hydroxylation sites is 1. The number of rotatable bonds is 4. The molecule has 1 heterocycles. The predicted molar refractivity (Wildman–Crippen MR) is 85.6 cm³/mol. The third kappa shape index (κ3) is 3.01. The van der Waals surface area contributed by atoms with Crippen molar-refractivity contribution in [3.05, 3.63) is 35.9 Å². The lowest BCUT2D eigenvalue weighted by molar-refractivity contribution is 0.558. The average molecular weight is 273 g/mol. The lowest BCUT2D eigenvalue weighted by Gasteiger charge is -2.19. The summed E-state index contributed by atoms with van der Waals surface area (Å²) in [6.07, 6.45) is 0. The maximum Gasteiger partial charge on any atom is 0.127 e. The van der Waals surface area contributed by atoms with E-state index < -0.39 is 0 Å². The third-order valence-electron chi connectivity index (χ3n) is 3.36. The number of hydrogen-bond donors (Lipinski definition) is 2. The van der Waals surface area contributed by atoms with Gasteiger partial charge in [-0.1, -0.05) is 44.3 Å². The normalized spacial score (nSPS) is 12.6. The summed E-state index contributed by atoms with van der Waals surface area (Å²) in [6, 6.07) is 10.2. The summed E-state index contributed by atoms with van der Waals surface area (Å²) in [6.45, 7) is 6.49. The van der Waals surface area contributed by atoms with Crippen LogP contribution in [0.3, 0.4) is 0 Å². The minimum absolute atomic E-state index is 0.341. The molecule has 1 atom stereocenters. The van der Waals surface area contributed by atoms with E-state index in [2.05, 4.69) is 31.1 Å². The highest BCUT2D eigenvalue weighted by atomic mass is 32.1. The number of hydrogen-bond acceptors (Lipinski definition) is 3. The Morgan fingerprint density at radius 2 is 1.95 bits per heavy atom. The first-order chi connectivity index (χ1) is 8.99. The summed E-state index contributed by atoms with van der Waals surface area (Å²) < 4.78 is 0. The number of aromatic nitrogens is 1. The van der Waals surface area contributed by atoms with Gasteiger partial charge in [-0.3, -0.25) is 0 Å². The molecule has 0 spiro atoms. The van der Waals surface area contributed by atoms with Crippen LogP contribution in [-0.2, 0) is 0 Å². The molecule has 2 rings (SSSR count). The molecule has 0 aliphatic carbocycles. The zero-order valence-electron chi connectivity index (χ0n) is 11.5. The number of thiocarbonyl (C=S) groups is 1. The number of nitrogens with zero attached hydrogens (tertiary/aromatic N) is 1. The molecule has 100 valence electrons. The summed E-state index contributed by atoms with van der Waals surface area (Å²) in [5.74, 6) is 1.35. The Morgan fingerprint density at radius 1 is 1.26 bits per heavy atom. The summed E-state index contributed by atoms with van der Waals surface area (Å²) in [5.41, 5.74) is 7.60. The first-order valence-corrected chi connectivity index (χ1v) is 6.86. The van der Waals surface area contributed by atoms with Crippen LogP contribution in [0.2, 0.25) is 0 Å². The molecule has 2 aromatic rings. The van der Waals surface area contributed by atoms with Crippen LogP contribution in [0.4, 0.5) is 5.82 Å². The van der Waals surface area contributed by atoms with Crippen LogP contribution in [0, 0.1) is 5.92 Å². The van der Waals surface area contributed by atoms with Gasteiger partial charge < -0.3 is 11.1 Å². The Labute approximate surface area is 119 Å².